The molecule has 0 saturated heterocycles. The Morgan fingerprint density at radius 3 is 2.18 bits per heavy atom. The predicted octanol–water partition coefficient (Wildman–Crippen LogP) is 1.84. The molecule has 0 aliphatic heterocycles. The number of anilines is 1. The minimum Gasteiger partial charge on any atom is -0.494 e. The zero-order valence-corrected chi connectivity index (χ0v) is 41.5. The number of aryl methyl sites for hydroxylation is 3. The summed E-state index contributed by atoms with van der Waals surface area (Å²) in [5.41, 5.74) is 1.69. The molecular weight excluding hydrogens is 973 g/mol. The minimum absolute atomic E-state index is 0.0268. The number of sulfonamides is 1. The molecule has 2 aromatic heterocycles. The van der Waals surface area contributed by atoms with E-state index in [1.807, 2.05) is 4.68 Å². The van der Waals surface area contributed by atoms with Crippen LogP contribution in [0.3, 0.4) is 0 Å². The van der Waals surface area contributed by atoms with Crippen molar-refractivity contribution in [2.24, 2.45) is 0 Å². The summed E-state index contributed by atoms with van der Waals surface area (Å²) in [6.45, 7) is 8.34. The molecular formula is C44H64N10O15S2. The number of benzene rings is 2. The topological polar surface area (TPSA) is 334 Å². The number of H-pyrrole nitrogens is 1. The van der Waals surface area contributed by atoms with Gasteiger partial charge >= 0.3 is 5.97 Å². The fraction of sp³-hybridized carbons (Fsp3) is 0.523. The van der Waals surface area contributed by atoms with E-state index in [2.05, 4.69) is 55.7 Å². The average molecular weight is 1040 g/mol. The van der Waals surface area contributed by atoms with Crippen molar-refractivity contribution in [2.45, 2.75) is 76.4 Å². The van der Waals surface area contributed by atoms with Crippen LogP contribution in [-0.2, 0) is 59.3 Å². The van der Waals surface area contributed by atoms with E-state index < -0.39 is 52.3 Å². The Morgan fingerprint density at radius 2 is 1.54 bits per heavy atom. The number of hydrogen-bond acceptors (Lipinski definition) is 18. The normalized spacial score (nSPS) is 12.3. The van der Waals surface area contributed by atoms with Gasteiger partial charge in [0.1, 0.15) is 17.8 Å². The second-order valence-electron chi connectivity index (χ2n) is 15.8. The first-order chi connectivity index (χ1) is 34.2. The third-order valence-electron chi connectivity index (χ3n) is 10.1. The smallest absolute Gasteiger partial charge is 0.323 e. The Hall–Kier alpha value is -5.91. The van der Waals surface area contributed by atoms with Crippen LogP contribution in [0, 0.1) is 13.8 Å². The first-order valence-electron chi connectivity index (χ1n) is 22.8. The van der Waals surface area contributed by atoms with Crippen LogP contribution in [0.15, 0.2) is 53.8 Å². The van der Waals surface area contributed by atoms with Crippen molar-refractivity contribution in [3.05, 3.63) is 65.6 Å². The molecule has 4 aromatic rings. The highest BCUT2D eigenvalue weighted by Gasteiger charge is 2.29. The first-order valence-corrected chi connectivity index (χ1v) is 25.2. The van der Waals surface area contributed by atoms with Gasteiger partial charge in [-0.25, -0.2) is 18.7 Å². The van der Waals surface area contributed by atoms with E-state index >= 15 is 0 Å². The lowest BCUT2D eigenvalue weighted by Gasteiger charge is -2.19. The molecule has 4 amide bonds. The van der Waals surface area contributed by atoms with Crippen molar-refractivity contribution in [3.63, 3.8) is 0 Å². The van der Waals surface area contributed by atoms with Gasteiger partial charge in [-0.1, -0.05) is 5.04 Å². The van der Waals surface area contributed by atoms with Crippen LogP contribution in [0.4, 0.5) is 5.95 Å². The number of rotatable bonds is 37. The Labute approximate surface area is 415 Å². The van der Waals surface area contributed by atoms with E-state index in [-0.39, 0.29) is 35.1 Å². The largest absolute Gasteiger partial charge is 0.494 e. The molecule has 0 radical (unpaired) electrons. The fourth-order valence-electron chi connectivity index (χ4n) is 6.85. The van der Waals surface area contributed by atoms with Gasteiger partial charge in [-0.3, -0.25) is 28.7 Å². The number of carboxylic acid groups (broad SMARTS) is 1. The number of fused-ring (bicyclic) bond motifs is 1. The Morgan fingerprint density at radius 1 is 0.845 bits per heavy atom. The monoisotopic (exact) mass is 1040 g/mol. The molecule has 0 aliphatic rings. The number of carboxylic acids is 1. The van der Waals surface area contributed by atoms with Gasteiger partial charge in [0.2, 0.25) is 27.7 Å². The van der Waals surface area contributed by atoms with Crippen LogP contribution in [0.2, 0.25) is 0 Å². The van der Waals surface area contributed by atoms with E-state index in [9.17, 15) is 37.5 Å². The van der Waals surface area contributed by atoms with Crippen LogP contribution in [0.5, 0.6) is 5.75 Å². The number of carbonyl (C=O) groups excluding carboxylic acids is 4. The highest BCUT2D eigenvalue weighted by Crippen LogP contribution is 2.26. The summed E-state index contributed by atoms with van der Waals surface area (Å²) in [6, 6.07) is 5.47. The van der Waals surface area contributed by atoms with Crippen molar-refractivity contribution in [3.8, 4) is 5.75 Å². The number of nitrogens with one attached hydrogen (secondary N) is 7. The van der Waals surface area contributed by atoms with Gasteiger partial charge in [-0.05, 0) is 81.0 Å². The maximum absolute atomic E-state index is 13.5. The number of aromatic nitrogens is 4. The highest BCUT2D eigenvalue weighted by atomic mass is 32.2. The van der Waals surface area contributed by atoms with Gasteiger partial charge in [0.05, 0.1) is 55.4 Å². The molecule has 0 fully saturated rings. The molecule has 4 rings (SSSR count). The van der Waals surface area contributed by atoms with Crippen LogP contribution >= 0.6 is 12.0 Å². The summed E-state index contributed by atoms with van der Waals surface area (Å²) >= 11 is 0.660. The Kier molecular flexibility index (Phi) is 25.5. The Bertz CT molecular complexity index is 2380. The lowest BCUT2D eigenvalue weighted by atomic mass is 10.1. The van der Waals surface area contributed by atoms with Gasteiger partial charge < -0.3 is 55.6 Å². The predicted molar refractivity (Wildman–Crippen MR) is 259 cm³/mol. The number of aliphatic carboxylic acids is 1. The third kappa shape index (κ3) is 21.1. The number of hydrogen-bond donors (Lipinski definition) is 9. The molecule has 71 heavy (non-hydrogen) atoms. The molecule has 0 bridgehead atoms. The number of amides is 4. The molecule has 25 nitrogen and oxygen atoms in total. The van der Waals surface area contributed by atoms with Crippen molar-refractivity contribution >= 4 is 68.5 Å². The molecule has 0 aliphatic carbocycles. The van der Waals surface area contributed by atoms with Gasteiger partial charge in [0.25, 0.3) is 5.91 Å². The summed E-state index contributed by atoms with van der Waals surface area (Å²) in [6.07, 6.45) is 7.52. The van der Waals surface area contributed by atoms with E-state index in [1.54, 1.807) is 50.6 Å². The summed E-state index contributed by atoms with van der Waals surface area (Å²) < 4.78 is 57.7. The number of nitrogens with zero attached hydrogens (tertiary/aromatic N) is 3. The molecule has 0 saturated carbocycles. The van der Waals surface area contributed by atoms with Crippen LogP contribution in [0.1, 0.15) is 60.5 Å². The third-order valence-corrected chi connectivity index (χ3v) is 12.5. The molecule has 0 spiro atoms. The summed E-state index contributed by atoms with van der Waals surface area (Å²) in [7, 11) is -4.37. The van der Waals surface area contributed by atoms with E-state index in [1.165, 1.54) is 19.1 Å². The van der Waals surface area contributed by atoms with Gasteiger partial charge in [0, 0.05) is 94.7 Å². The minimum atomic E-state index is -4.37. The van der Waals surface area contributed by atoms with Crippen molar-refractivity contribution < 1.29 is 71.1 Å². The quantitative estimate of drug-likeness (QED) is 0.0135. The average Bonchev–Trinajstić information content (AvgIpc) is 4.01. The maximum Gasteiger partial charge on any atom is 0.323 e. The lowest BCUT2D eigenvalue weighted by molar-refractivity contribution is -0.432. The first kappa shape index (κ1) is 57.7. The zero-order valence-electron chi connectivity index (χ0n) is 39.9. The molecule has 27 heteroatoms. The summed E-state index contributed by atoms with van der Waals surface area (Å²) in [5.74, 6) is -1.94. The number of aromatic amines is 1. The molecule has 9 N–H and O–H groups in total. The van der Waals surface area contributed by atoms with Crippen molar-refractivity contribution in [2.75, 3.05) is 83.5 Å². The lowest BCUT2D eigenvalue weighted by Crippen LogP contribution is -2.48. The number of carbonyl (C=O) groups is 5. The zero-order chi connectivity index (χ0) is 51.4. The van der Waals surface area contributed by atoms with Gasteiger partial charge in [-0.2, -0.15) is 9.82 Å². The van der Waals surface area contributed by atoms with Crippen LogP contribution < -0.4 is 36.0 Å². The molecule has 0 unspecified atom stereocenters. The maximum atomic E-state index is 13.5. The van der Waals surface area contributed by atoms with E-state index in [0.29, 0.717) is 125 Å². The van der Waals surface area contributed by atoms with Crippen molar-refractivity contribution in [1.29, 1.82) is 0 Å². The second-order valence-corrected chi connectivity index (χ2v) is 18.1. The Balaban J connectivity index is 1.04. The summed E-state index contributed by atoms with van der Waals surface area (Å²) in [4.78, 5) is 68.1. The van der Waals surface area contributed by atoms with Gasteiger partial charge in [0.15, 0.2) is 5.95 Å². The summed E-state index contributed by atoms with van der Waals surface area (Å²) in [5, 5.41) is 40.4. The SMILES string of the molecule is CC(=O)N[C@H](CSOOO)C(=O)NCCCOCCOCCOCCCNC(=O)CCCOc1cc(C)c(S(=O)(=O)N[C@@H](CNC(=O)c2ccc3c(cnn3CCCNc3ncc[nH]3)c2)C(=O)O)c(C)c1. The molecule has 392 valence electrons. The fourth-order valence-corrected chi connectivity index (χ4v) is 8.97. The van der Waals surface area contributed by atoms with Gasteiger partial charge in [-0.15, -0.1) is 4.33 Å². The van der Waals surface area contributed by atoms with E-state index in [4.69, 9.17) is 24.2 Å². The van der Waals surface area contributed by atoms with Crippen molar-refractivity contribution in [1.82, 2.24) is 45.7 Å². The van der Waals surface area contributed by atoms with Crippen LogP contribution in [0.25, 0.3) is 10.9 Å². The number of imidazole rings is 1. The number of ether oxygens (including phenoxy) is 4. The van der Waals surface area contributed by atoms with E-state index in [0.717, 1.165) is 11.9 Å². The molecule has 2 heterocycles. The highest BCUT2D eigenvalue weighted by molar-refractivity contribution is 7.94. The standard InChI is InChI=1S/C44H64N10O15S2/c1-30-24-35(67-19-4-8-39(56)45-12-6-17-64-20-22-66-23-21-65-18-7-13-46-42(58)37(52-32(3)55)29-70-69-68-61)25-31(2)40(30)71(62,63)53-36(43(59)60)28-50-41(57)33-9-10-38-34(26-33)27-51-54(38)16-5-11-47-44-48-14-15-49-44/h9-10,14-15,24-27,36-37,53,61H,4-8,11-13,16-23,28-29H2,1-3H3,(H,45,56)(H,46,58)(H,50,57)(H,52,55)(H,59,60)(H2,47,48,49)/t36-,37+/m0/s1. The molecule has 2 aromatic carbocycles. The molecule has 2 atom stereocenters. The second kappa shape index (κ2) is 31.4. The van der Waals surface area contributed by atoms with Crippen LogP contribution in [-0.4, -0.2) is 158 Å².